The predicted octanol–water partition coefficient (Wildman–Crippen LogP) is 2.54. The third kappa shape index (κ3) is 3.14. The zero-order valence-electron chi connectivity index (χ0n) is 13.4. The summed E-state index contributed by atoms with van der Waals surface area (Å²) in [6.07, 6.45) is 0.199. The predicted molar refractivity (Wildman–Crippen MR) is 90.9 cm³/mol. The molecule has 1 atom stereocenters. The van der Waals surface area contributed by atoms with Crippen LogP contribution in [0.5, 0.6) is 0 Å². The zero-order valence-corrected chi connectivity index (χ0v) is 13.4. The summed E-state index contributed by atoms with van der Waals surface area (Å²) in [4.78, 5) is 35.2. The number of para-hydroxylation sites is 1. The maximum atomic E-state index is 12.7. The van der Waals surface area contributed by atoms with Gasteiger partial charge < -0.3 is 5.32 Å². The van der Waals surface area contributed by atoms with Crippen LogP contribution in [0.15, 0.2) is 48.5 Å². The van der Waals surface area contributed by atoms with E-state index >= 15 is 0 Å². The van der Waals surface area contributed by atoms with Gasteiger partial charge in [0.15, 0.2) is 0 Å². The molecule has 0 fully saturated rings. The molecule has 25 heavy (non-hydrogen) atoms. The van der Waals surface area contributed by atoms with E-state index in [-0.39, 0.29) is 23.3 Å². The Labute approximate surface area is 143 Å². The Bertz CT molecular complexity index is 835. The fraction of sp³-hybridized carbons (Fsp3) is 0.176. The minimum absolute atomic E-state index is 0.104. The number of amides is 2. The first kappa shape index (κ1) is 16.4. The number of nitro groups is 1. The molecule has 128 valence electrons. The molecule has 1 unspecified atom stereocenters. The van der Waals surface area contributed by atoms with Crippen LogP contribution in [-0.4, -0.2) is 27.9 Å². The third-order valence-corrected chi connectivity index (χ3v) is 3.96. The van der Waals surface area contributed by atoms with E-state index < -0.39 is 10.8 Å². The number of hydrogen-bond acceptors (Lipinski definition) is 5. The zero-order chi connectivity index (χ0) is 18.0. The number of hydrazine groups is 1. The van der Waals surface area contributed by atoms with Gasteiger partial charge in [-0.25, -0.2) is 5.01 Å². The molecule has 0 aliphatic carbocycles. The number of carbonyl (C=O) groups excluding carboxylic acids is 2. The summed E-state index contributed by atoms with van der Waals surface area (Å²) >= 11 is 0. The third-order valence-electron chi connectivity index (χ3n) is 3.96. The topological polar surface area (TPSA) is 105 Å². The lowest BCUT2D eigenvalue weighted by molar-refractivity contribution is -0.384. The Morgan fingerprint density at radius 2 is 1.92 bits per heavy atom. The van der Waals surface area contributed by atoms with E-state index in [2.05, 4.69) is 10.7 Å². The van der Waals surface area contributed by atoms with E-state index in [1.807, 2.05) is 19.1 Å². The summed E-state index contributed by atoms with van der Waals surface area (Å²) in [5.74, 6) is -0.820. The van der Waals surface area contributed by atoms with Gasteiger partial charge in [-0.3, -0.25) is 25.1 Å². The highest BCUT2D eigenvalue weighted by Gasteiger charge is 2.32. The van der Waals surface area contributed by atoms with E-state index in [1.165, 1.54) is 29.3 Å². The Kier molecular flexibility index (Phi) is 4.34. The molecule has 2 aromatic rings. The molecule has 0 saturated heterocycles. The fourth-order valence-electron chi connectivity index (χ4n) is 2.63. The maximum absolute atomic E-state index is 12.7. The monoisotopic (exact) mass is 340 g/mol. The van der Waals surface area contributed by atoms with Crippen molar-refractivity contribution in [1.29, 1.82) is 0 Å². The molecule has 1 aliphatic heterocycles. The van der Waals surface area contributed by atoms with Crippen LogP contribution >= 0.6 is 0 Å². The van der Waals surface area contributed by atoms with Gasteiger partial charge in [0.05, 0.1) is 10.5 Å². The van der Waals surface area contributed by atoms with Gasteiger partial charge in [-0.15, -0.1) is 0 Å². The summed E-state index contributed by atoms with van der Waals surface area (Å²) in [5.41, 5.74) is 3.90. The normalized spacial score (nSPS) is 16.0. The minimum Gasteiger partial charge on any atom is -0.363 e. The van der Waals surface area contributed by atoms with Crippen LogP contribution in [0.2, 0.25) is 0 Å². The first-order valence-electron chi connectivity index (χ1n) is 7.76. The molecule has 2 amide bonds. The quantitative estimate of drug-likeness (QED) is 0.657. The molecule has 3 rings (SSSR count). The highest BCUT2D eigenvalue weighted by molar-refractivity contribution is 6.03. The van der Waals surface area contributed by atoms with Gasteiger partial charge >= 0.3 is 0 Å². The number of hydrogen-bond donors (Lipinski definition) is 2. The second-order valence-electron chi connectivity index (χ2n) is 5.53. The molecule has 2 aromatic carbocycles. The van der Waals surface area contributed by atoms with E-state index in [4.69, 9.17) is 0 Å². The second kappa shape index (κ2) is 6.60. The van der Waals surface area contributed by atoms with E-state index in [9.17, 15) is 19.7 Å². The number of nitrogens with one attached hydrogen (secondary N) is 2. The Morgan fingerprint density at radius 1 is 1.24 bits per heavy atom. The number of nitrogens with zero attached hydrogens (tertiary/aromatic N) is 2. The molecule has 0 saturated carbocycles. The van der Waals surface area contributed by atoms with Crippen molar-refractivity contribution in [3.63, 3.8) is 0 Å². The van der Waals surface area contributed by atoms with Crippen molar-refractivity contribution in [1.82, 2.24) is 10.4 Å². The lowest BCUT2D eigenvalue weighted by Gasteiger charge is -2.37. The largest absolute Gasteiger partial charge is 0.363 e. The van der Waals surface area contributed by atoms with E-state index in [1.54, 1.807) is 12.1 Å². The van der Waals surface area contributed by atoms with Crippen molar-refractivity contribution in [2.75, 3.05) is 5.32 Å². The molecule has 8 nitrogen and oxygen atoms in total. The van der Waals surface area contributed by atoms with Crippen molar-refractivity contribution in [3.8, 4) is 0 Å². The van der Waals surface area contributed by atoms with Gasteiger partial charge in [-0.05, 0) is 30.7 Å². The molecule has 2 N–H and O–H groups in total. The van der Waals surface area contributed by atoms with Crippen LogP contribution in [0.4, 0.5) is 11.4 Å². The number of rotatable bonds is 4. The first-order valence-corrected chi connectivity index (χ1v) is 7.76. The number of anilines is 1. The fourth-order valence-corrected chi connectivity index (χ4v) is 2.63. The van der Waals surface area contributed by atoms with Gasteiger partial charge in [-0.1, -0.05) is 19.1 Å². The molecular formula is C17H16N4O4. The summed E-state index contributed by atoms with van der Waals surface area (Å²) in [6, 6.07) is 12.3. The van der Waals surface area contributed by atoms with Crippen molar-refractivity contribution in [3.05, 3.63) is 69.8 Å². The summed E-state index contributed by atoms with van der Waals surface area (Å²) < 4.78 is 0. The lowest BCUT2D eigenvalue weighted by atomic mass is 10.1. The standard InChI is InChI=1S/C17H16N4O4/c1-2-15-18-14-6-4-3-5-13(14)17(23)20(15)19-16(22)11-7-9-12(10-8-11)21(24)25/h3-10,15,18H,2H2,1H3,(H,19,22). The van der Waals surface area contributed by atoms with Gasteiger partial charge in [0.1, 0.15) is 6.17 Å². The van der Waals surface area contributed by atoms with Gasteiger partial charge in [0.2, 0.25) is 0 Å². The smallest absolute Gasteiger partial charge is 0.276 e. The maximum Gasteiger partial charge on any atom is 0.276 e. The number of benzene rings is 2. The van der Waals surface area contributed by atoms with E-state index in [0.717, 1.165) is 5.69 Å². The van der Waals surface area contributed by atoms with Gasteiger partial charge in [0, 0.05) is 23.4 Å². The van der Waals surface area contributed by atoms with Crippen LogP contribution in [-0.2, 0) is 0 Å². The number of carbonyl (C=O) groups is 2. The molecule has 0 bridgehead atoms. The lowest BCUT2D eigenvalue weighted by Crippen LogP contribution is -2.57. The molecule has 0 radical (unpaired) electrons. The van der Waals surface area contributed by atoms with Crippen LogP contribution in [0.3, 0.4) is 0 Å². The Morgan fingerprint density at radius 3 is 2.56 bits per heavy atom. The van der Waals surface area contributed by atoms with Crippen molar-refractivity contribution in [2.24, 2.45) is 0 Å². The molecule has 0 aromatic heterocycles. The first-order chi connectivity index (χ1) is 12.0. The molecule has 0 spiro atoms. The van der Waals surface area contributed by atoms with Crippen LogP contribution in [0, 0.1) is 10.1 Å². The highest BCUT2D eigenvalue weighted by Crippen LogP contribution is 2.25. The van der Waals surface area contributed by atoms with E-state index in [0.29, 0.717) is 12.0 Å². The Balaban J connectivity index is 1.82. The van der Waals surface area contributed by atoms with Crippen molar-refractivity contribution in [2.45, 2.75) is 19.5 Å². The molecule has 1 aliphatic rings. The molecule has 1 heterocycles. The Hall–Kier alpha value is -3.42. The SMILES string of the molecule is CCC1Nc2ccccc2C(=O)N1NC(=O)c1ccc([N+](=O)[O-])cc1. The van der Waals surface area contributed by atoms with Crippen molar-refractivity contribution >= 4 is 23.2 Å². The second-order valence-corrected chi connectivity index (χ2v) is 5.53. The summed E-state index contributed by atoms with van der Waals surface area (Å²) in [5, 5.41) is 15.1. The number of fused-ring (bicyclic) bond motifs is 1. The molecular weight excluding hydrogens is 324 g/mol. The number of nitro benzene ring substituents is 1. The number of non-ortho nitro benzene ring substituents is 1. The highest BCUT2D eigenvalue weighted by atomic mass is 16.6. The van der Waals surface area contributed by atoms with Gasteiger partial charge in [0.25, 0.3) is 17.5 Å². The van der Waals surface area contributed by atoms with Crippen LogP contribution in [0.1, 0.15) is 34.1 Å². The van der Waals surface area contributed by atoms with Crippen molar-refractivity contribution < 1.29 is 14.5 Å². The average Bonchev–Trinajstić information content (AvgIpc) is 2.63. The summed E-state index contributed by atoms with van der Waals surface area (Å²) in [7, 11) is 0. The van der Waals surface area contributed by atoms with Crippen LogP contribution in [0.25, 0.3) is 0 Å². The molecule has 8 heteroatoms. The van der Waals surface area contributed by atoms with Crippen LogP contribution < -0.4 is 10.7 Å². The van der Waals surface area contributed by atoms with Gasteiger partial charge in [-0.2, -0.15) is 0 Å². The summed E-state index contributed by atoms with van der Waals surface area (Å²) in [6.45, 7) is 1.89. The average molecular weight is 340 g/mol. The minimum atomic E-state index is -0.538.